The summed E-state index contributed by atoms with van der Waals surface area (Å²) in [7, 11) is 0. The molecule has 19 heavy (non-hydrogen) atoms. The van der Waals surface area contributed by atoms with Gasteiger partial charge in [0.05, 0.1) is 6.10 Å². The fourth-order valence-electron chi connectivity index (χ4n) is 1.97. The SMILES string of the molecule is Cc1ccc(OCC2CCC(C(=O)NN)O2)cc1F. The molecule has 104 valence electrons. The van der Waals surface area contributed by atoms with Gasteiger partial charge in [0, 0.05) is 6.07 Å². The van der Waals surface area contributed by atoms with Gasteiger partial charge < -0.3 is 9.47 Å². The van der Waals surface area contributed by atoms with E-state index in [9.17, 15) is 9.18 Å². The number of hydrogen-bond donors (Lipinski definition) is 2. The van der Waals surface area contributed by atoms with Gasteiger partial charge in [0.2, 0.25) is 0 Å². The summed E-state index contributed by atoms with van der Waals surface area (Å²) >= 11 is 0. The highest BCUT2D eigenvalue weighted by molar-refractivity contribution is 5.80. The molecule has 1 heterocycles. The van der Waals surface area contributed by atoms with Crippen LogP contribution in [0.2, 0.25) is 0 Å². The summed E-state index contributed by atoms with van der Waals surface area (Å²) in [6.07, 6.45) is 0.631. The van der Waals surface area contributed by atoms with Crippen LogP contribution in [0.5, 0.6) is 5.75 Å². The molecule has 1 aliphatic heterocycles. The first-order valence-electron chi connectivity index (χ1n) is 6.15. The molecule has 0 bridgehead atoms. The predicted molar refractivity (Wildman–Crippen MR) is 66.9 cm³/mol. The maximum atomic E-state index is 13.3. The Morgan fingerprint density at radius 2 is 2.37 bits per heavy atom. The summed E-state index contributed by atoms with van der Waals surface area (Å²) in [6.45, 7) is 1.98. The molecule has 2 atom stereocenters. The highest BCUT2D eigenvalue weighted by Crippen LogP contribution is 2.22. The first-order valence-corrected chi connectivity index (χ1v) is 6.15. The van der Waals surface area contributed by atoms with Gasteiger partial charge in [-0.3, -0.25) is 10.2 Å². The predicted octanol–water partition coefficient (Wildman–Crippen LogP) is 1.05. The Kier molecular flexibility index (Phi) is 4.34. The molecule has 0 spiro atoms. The van der Waals surface area contributed by atoms with E-state index < -0.39 is 6.10 Å². The number of halogens is 1. The summed E-state index contributed by atoms with van der Waals surface area (Å²) in [5.74, 6) is 4.87. The Balaban J connectivity index is 1.83. The Morgan fingerprint density at radius 1 is 1.58 bits per heavy atom. The second-order valence-corrected chi connectivity index (χ2v) is 4.55. The van der Waals surface area contributed by atoms with E-state index in [1.165, 1.54) is 6.07 Å². The Labute approximate surface area is 110 Å². The summed E-state index contributed by atoms with van der Waals surface area (Å²) in [5, 5.41) is 0. The Hall–Kier alpha value is -1.66. The van der Waals surface area contributed by atoms with Crippen LogP contribution >= 0.6 is 0 Å². The Morgan fingerprint density at radius 3 is 3.05 bits per heavy atom. The van der Waals surface area contributed by atoms with Crippen molar-refractivity contribution in [2.45, 2.75) is 32.0 Å². The fourth-order valence-corrected chi connectivity index (χ4v) is 1.97. The largest absolute Gasteiger partial charge is 0.491 e. The van der Waals surface area contributed by atoms with Gasteiger partial charge in [0.25, 0.3) is 5.91 Å². The van der Waals surface area contributed by atoms with E-state index in [-0.39, 0.29) is 24.4 Å². The first kappa shape index (κ1) is 13.8. The molecule has 6 heteroatoms. The number of carbonyl (C=O) groups is 1. The molecule has 3 N–H and O–H groups in total. The lowest BCUT2D eigenvalue weighted by atomic mass is 10.2. The van der Waals surface area contributed by atoms with Crippen molar-refractivity contribution in [3.05, 3.63) is 29.6 Å². The third-order valence-corrected chi connectivity index (χ3v) is 3.12. The molecule has 1 fully saturated rings. The zero-order chi connectivity index (χ0) is 13.8. The molecular formula is C13H17FN2O3. The van der Waals surface area contributed by atoms with E-state index in [1.54, 1.807) is 19.1 Å². The monoisotopic (exact) mass is 268 g/mol. The maximum Gasteiger partial charge on any atom is 0.263 e. The number of carbonyl (C=O) groups excluding carboxylic acids is 1. The zero-order valence-corrected chi connectivity index (χ0v) is 10.7. The molecule has 1 aromatic rings. The van der Waals surface area contributed by atoms with E-state index in [0.717, 1.165) is 0 Å². The van der Waals surface area contributed by atoms with Gasteiger partial charge in [-0.15, -0.1) is 0 Å². The number of rotatable bonds is 4. The third-order valence-electron chi connectivity index (χ3n) is 3.12. The maximum absolute atomic E-state index is 13.3. The fraction of sp³-hybridized carbons (Fsp3) is 0.462. The topological polar surface area (TPSA) is 73.6 Å². The average Bonchev–Trinajstić information content (AvgIpc) is 2.88. The van der Waals surface area contributed by atoms with Gasteiger partial charge in [0.1, 0.15) is 24.3 Å². The number of benzene rings is 1. The van der Waals surface area contributed by atoms with Crippen LogP contribution in [0.4, 0.5) is 4.39 Å². The van der Waals surface area contributed by atoms with Crippen molar-refractivity contribution in [2.24, 2.45) is 5.84 Å². The van der Waals surface area contributed by atoms with Crippen molar-refractivity contribution in [2.75, 3.05) is 6.61 Å². The minimum absolute atomic E-state index is 0.174. The van der Waals surface area contributed by atoms with Crippen LogP contribution in [0.3, 0.4) is 0 Å². The zero-order valence-electron chi connectivity index (χ0n) is 10.7. The standard InChI is InChI=1S/C13H17FN2O3/c1-8-2-3-9(6-11(8)14)18-7-10-4-5-12(19-10)13(17)16-15/h2-3,6,10,12H,4-5,7,15H2,1H3,(H,16,17). The van der Waals surface area contributed by atoms with Crippen molar-refractivity contribution in [1.82, 2.24) is 5.43 Å². The molecule has 1 aromatic carbocycles. The number of aryl methyl sites for hydroxylation is 1. The molecule has 5 nitrogen and oxygen atoms in total. The highest BCUT2D eigenvalue weighted by atomic mass is 19.1. The van der Waals surface area contributed by atoms with Crippen molar-refractivity contribution in [1.29, 1.82) is 0 Å². The molecule has 0 aliphatic carbocycles. The first-order chi connectivity index (χ1) is 9.10. The van der Waals surface area contributed by atoms with E-state index in [4.69, 9.17) is 15.3 Å². The van der Waals surface area contributed by atoms with Crippen LogP contribution in [0, 0.1) is 12.7 Å². The van der Waals surface area contributed by atoms with Crippen LogP contribution in [0.15, 0.2) is 18.2 Å². The van der Waals surface area contributed by atoms with E-state index >= 15 is 0 Å². The van der Waals surface area contributed by atoms with Gasteiger partial charge in [-0.1, -0.05) is 6.07 Å². The lowest BCUT2D eigenvalue weighted by molar-refractivity contribution is -0.132. The number of amides is 1. The molecule has 1 saturated heterocycles. The van der Waals surface area contributed by atoms with Crippen LogP contribution in [0.25, 0.3) is 0 Å². The van der Waals surface area contributed by atoms with Crippen LogP contribution in [-0.4, -0.2) is 24.7 Å². The smallest absolute Gasteiger partial charge is 0.263 e. The van der Waals surface area contributed by atoms with Gasteiger partial charge in [-0.05, 0) is 31.4 Å². The molecule has 2 unspecified atom stereocenters. The van der Waals surface area contributed by atoms with Crippen molar-refractivity contribution in [3.8, 4) is 5.75 Å². The van der Waals surface area contributed by atoms with Gasteiger partial charge in [-0.25, -0.2) is 10.2 Å². The van der Waals surface area contributed by atoms with Crippen molar-refractivity contribution < 1.29 is 18.7 Å². The highest BCUT2D eigenvalue weighted by Gasteiger charge is 2.30. The molecular weight excluding hydrogens is 251 g/mol. The molecule has 2 rings (SSSR count). The van der Waals surface area contributed by atoms with E-state index in [2.05, 4.69) is 5.43 Å². The van der Waals surface area contributed by atoms with E-state index in [0.29, 0.717) is 24.2 Å². The lowest BCUT2D eigenvalue weighted by Gasteiger charge is -2.14. The number of hydrogen-bond acceptors (Lipinski definition) is 4. The lowest BCUT2D eigenvalue weighted by Crippen LogP contribution is -2.39. The van der Waals surface area contributed by atoms with Crippen molar-refractivity contribution >= 4 is 5.91 Å². The van der Waals surface area contributed by atoms with Gasteiger partial charge in [-0.2, -0.15) is 0 Å². The third kappa shape index (κ3) is 3.42. The Bertz CT molecular complexity index is 467. The number of hydrazine groups is 1. The summed E-state index contributed by atoms with van der Waals surface area (Å²) in [4.78, 5) is 11.3. The summed E-state index contributed by atoms with van der Waals surface area (Å²) < 4.78 is 24.3. The average molecular weight is 268 g/mol. The molecule has 0 radical (unpaired) electrons. The van der Waals surface area contributed by atoms with Crippen LogP contribution < -0.4 is 16.0 Å². The minimum atomic E-state index is -0.520. The molecule has 1 aliphatic rings. The second-order valence-electron chi connectivity index (χ2n) is 4.55. The quantitative estimate of drug-likeness (QED) is 0.486. The summed E-state index contributed by atoms with van der Waals surface area (Å²) in [6, 6.07) is 4.71. The van der Waals surface area contributed by atoms with Crippen LogP contribution in [0.1, 0.15) is 18.4 Å². The number of nitrogens with two attached hydrogens (primary N) is 1. The second kappa shape index (κ2) is 5.99. The van der Waals surface area contributed by atoms with Gasteiger partial charge >= 0.3 is 0 Å². The molecule has 0 saturated carbocycles. The molecule has 0 aromatic heterocycles. The van der Waals surface area contributed by atoms with E-state index in [1.807, 2.05) is 0 Å². The number of nitrogens with one attached hydrogen (secondary N) is 1. The van der Waals surface area contributed by atoms with Crippen molar-refractivity contribution in [3.63, 3.8) is 0 Å². The van der Waals surface area contributed by atoms with Gasteiger partial charge in [0.15, 0.2) is 0 Å². The minimum Gasteiger partial charge on any atom is -0.491 e. The normalized spacial score (nSPS) is 22.3. The van der Waals surface area contributed by atoms with Crippen LogP contribution in [-0.2, 0) is 9.53 Å². The number of ether oxygens (including phenoxy) is 2. The summed E-state index contributed by atoms with van der Waals surface area (Å²) in [5.41, 5.74) is 2.63. The molecule has 1 amide bonds.